The van der Waals surface area contributed by atoms with E-state index >= 15 is 0 Å². The lowest BCUT2D eigenvalue weighted by molar-refractivity contribution is 0.383. The Hall–Kier alpha value is -2.45. The Balaban J connectivity index is 1.65. The number of rotatable bonds is 4. The molecule has 1 aliphatic heterocycles. The summed E-state index contributed by atoms with van der Waals surface area (Å²) in [6, 6.07) is 8.50. The molecule has 1 aromatic carbocycles. The fourth-order valence-electron chi connectivity index (χ4n) is 3.26. The smallest absolute Gasteiger partial charge is 0.276 e. The van der Waals surface area contributed by atoms with Gasteiger partial charge in [-0.2, -0.15) is 4.31 Å². The first-order valence-electron chi connectivity index (χ1n) is 8.50. The van der Waals surface area contributed by atoms with Gasteiger partial charge in [-0.3, -0.25) is 9.36 Å². The molecule has 1 saturated heterocycles. The minimum Gasteiger partial charge on any atom is -0.446 e. The number of aromatic nitrogens is 2. The Morgan fingerprint density at radius 3 is 2.69 bits per heavy atom. The number of sulfonamides is 1. The van der Waals surface area contributed by atoms with E-state index in [9.17, 15) is 13.2 Å². The molecular weight excluding hydrogens is 354 g/mol. The summed E-state index contributed by atoms with van der Waals surface area (Å²) in [5, 5.41) is 0.455. The zero-order valence-corrected chi connectivity index (χ0v) is 15.2. The number of para-hydroxylation sites is 1. The maximum atomic E-state index is 12.7. The highest BCUT2D eigenvalue weighted by Crippen LogP contribution is 2.23. The van der Waals surface area contributed by atoms with Crippen molar-refractivity contribution in [2.24, 2.45) is 0 Å². The van der Waals surface area contributed by atoms with E-state index in [-0.39, 0.29) is 17.2 Å². The molecule has 8 heteroatoms. The SMILES string of the molecule is Cc1cccc2c(=O)n(Cc3ccc(S(=O)(=O)N4CCCC4)o3)cnc12. The van der Waals surface area contributed by atoms with Crippen LogP contribution in [0.4, 0.5) is 0 Å². The lowest BCUT2D eigenvalue weighted by Crippen LogP contribution is -2.27. The number of nitrogens with zero attached hydrogens (tertiary/aromatic N) is 3. The molecule has 1 fully saturated rings. The Kier molecular flexibility index (Phi) is 4.16. The van der Waals surface area contributed by atoms with Gasteiger partial charge in [0, 0.05) is 13.1 Å². The summed E-state index contributed by atoms with van der Waals surface area (Å²) >= 11 is 0. The van der Waals surface area contributed by atoms with Gasteiger partial charge < -0.3 is 4.42 Å². The number of fused-ring (bicyclic) bond motifs is 1. The van der Waals surface area contributed by atoms with Crippen LogP contribution in [0.25, 0.3) is 10.9 Å². The molecule has 3 heterocycles. The summed E-state index contributed by atoms with van der Waals surface area (Å²) in [6.45, 7) is 3.07. The topological polar surface area (TPSA) is 85.4 Å². The second-order valence-corrected chi connectivity index (χ2v) is 8.35. The van der Waals surface area contributed by atoms with Crippen LogP contribution in [0, 0.1) is 6.92 Å². The van der Waals surface area contributed by atoms with Crippen molar-refractivity contribution in [1.29, 1.82) is 0 Å². The molecule has 0 unspecified atom stereocenters. The molecule has 4 rings (SSSR count). The van der Waals surface area contributed by atoms with E-state index in [1.807, 2.05) is 19.1 Å². The van der Waals surface area contributed by atoms with E-state index in [1.165, 1.54) is 21.3 Å². The predicted molar refractivity (Wildman–Crippen MR) is 96.5 cm³/mol. The van der Waals surface area contributed by atoms with E-state index in [1.54, 1.807) is 12.1 Å². The Bertz CT molecular complexity index is 1120. The molecule has 1 aliphatic rings. The Morgan fingerprint density at radius 1 is 1.15 bits per heavy atom. The van der Waals surface area contributed by atoms with E-state index in [0.717, 1.165) is 18.4 Å². The summed E-state index contributed by atoms with van der Waals surface area (Å²) in [6.07, 6.45) is 3.20. The summed E-state index contributed by atoms with van der Waals surface area (Å²) in [7, 11) is -3.60. The molecule has 2 aromatic heterocycles. The van der Waals surface area contributed by atoms with Gasteiger partial charge in [0.1, 0.15) is 5.76 Å². The highest BCUT2D eigenvalue weighted by Gasteiger charge is 2.30. The lowest BCUT2D eigenvalue weighted by atomic mass is 10.1. The first-order chi connectivity index (χ1) is 12.5. The van der Waals surface area contributed by atoms with Crippen molar-refractivity contribution in [3.63, 3.8) is 0 Å². The van der Waals surface area contributed by atoms with Crippen LogP contribution < -0.4 is 5.56 Å². The van der Waals surface area contributed by atoms with Gasteiger partial charge >= 0.3 is 0 Å². The molecule has 3 aromatic rings. The second-order valence-electron chi connectivity index (χ2n) is 6.48. The Labute approximate surface area is 150 Å². The van der Waals surface area contributed by atoms with Gasteiger partial charge in [-0.1, -0.05) is 12.1 Å². The number of furan rings is 1. The van der Waals surface area contributed by atoms with Crippen LogP contribution in [0.5, 0.6) is 0 Å². The lowest BCUT2D eigenvalue weighted by Gasteiger charge is -2.12. The van der Waals surface area contributed by atoms with Crippen molar-refractivity contribution in [1.82, 2.24) is 13.9 Å². The maximum Gasteiger partial charge on any atom is 0.276 e. The molecule has 0 bridgehead atoms. The third-order valence-corrected chi connectivity index (χ3v) is 6.45. The largest absolute Gasteiger partial charge is 0.446 e. The number of aryl methyl sites for hydroxylation is 1. The molecule has 0 radical (unpaired) electrons. The van der Waals surface area contributed by atoms with Crippen molar-refractivity contribution in [2.75, 3.05) is 13.1 Å². The Morgan fingerprint density at radius 2 is 1.92 bits per heavy atom. The zero-order valence-electron chi connectivity index (χ0n) is 14.4. The van der Waals surface area contributed by atoms with Crippen molar-refractivity contribution in [3.8, 4) is 0 Å². The van der Waals surface area contributed by atoms with Crippen LogP contribution in [0.3, 0.4) is 0 Å². The number of hydrogen-bond donors (Lipinski definition) is 0. The van der Waals surface area contributed by atoms with Crippen molar-refractivity contribution in [3.05, 3.63) is 58.3 Å². The van der Waals surface area contributed by atoms with Crippen molar-refractivity contribution in [2.45, 2.75) is 31.4 Å². The van der Waals surface area contributed by atoms with Crippen LogP contribution >= 0.6 is 0 Å². The fourth-order valence-corrected chi connectivity index (χ4v) is 4.70. The molecule has 0 aliphatic carbocycles. The van der Waals surface area contributed by atoms with Crippen LogP contribution in [0.15, 0.2) is 51.0 Å². The third-order valence-electron chi connectivity index (χ3n) is 4.68. The quantitative estimate of drug-likeness (QED) is 0.699. The molecule has 0 amide bonds. The molecule has 7 nitrogen and oxygen atoms in total. The molecular formula is C18H19N3O4S. The van der Waals surface area contributed by atoms with E-state index < -0.39 is 10.0 Å². The van der Waals surface area contributed by atoms with Gasteiger partial charge in [-0.15, -0.1) is 0 Å². The van der Waals surface area contributed by atoms with Gasteiger partial charge in [0.2, 0.25) is 5.09 Å². The predicted octanol–water partition coefficient (Wildman–Crippen LogP) is 2.13. The molecule has 0 spiro atoms. The molecule has 0 saturated carbocycles. The fraction of sp³-hybridized carbons (Fsp3) is 0.333. The normalized spacial score (nSPS) is 15.7. The van der Waals surface area contributed by atoms with Gasteiger partial charge in [-0.05, 0) is 43.5 Å². The van der Waals surface area contributed by atoms with Crippen molar-refractivity contribution >= 4 is 20.9 Å². The first kappa shape index (κ1) is 17.0. The minimum atomic E-state index is -3.60. The second kappa shape index (κ2) is 6.37. The molecule has 0 N–H and O–H groups in total. The monoisotopic (exact) mass is 373 g/mol. The molecule has 26 heavy (non-hydrogen) atoms. The van der Waals surface area contributed by atoms with E-state index in [0.29, 0.717) is 29.8 Å². The van der Waals surface area contributed by atoms with Gasteiger partial charge in [0.15, 0.2) is 0 Å². The highest BCUT2D eigenvalue weighted by atomic mass is 32.2. The summed E-state index contributed by atoms with van der Waals surface area (Å²) < 4.78 is 33.5. The molecule has 136 valence electrons. The van der Waals surface area contributed by atoms with Crippen LogP contribution in [-0.2, 0) is 16.6 Å². The van der Waals surface area contributed by atoms with Crippen LogP contribution in [0.1, 0.15) is 24.2 Å². The van der Waals surface area contributed by atoms with Crippen molar-refractivity contribution < 1.29 is 12.8 Å². The third kappa shape index (κ3) is 2.85. The standard InChI is InChI=1S/C18H19N3O4S/c1-13-5-4-6-15-17(13)19-12-20(18(15)22)11-14-7-8-16(25-14)26(23,24)21-9-2-3-10-21/h4-8,12H,2-3,9-11H2,1H3. The van der Waals surface area contributed by atoms with Gasteiger partial charge in [-0.25, -0.2) is 13.4 Å². The van der Waals surface area contributed by atoms with E-state index in [4.69, 9.17) is 4.42 Å². The minimum absolute atomic E-state index is 0.0768. The van der Waals surface area contributed by atoms with Gasteiger partial charge in [0.05, 0.1) is 23.8 Å². The summed E-state index contributed by atoms with van der Waals surface area (Å²) in [5.74, 6) is 0.402. The average molecular weight is 373 g/mol. The van der Waals surface area contributed by atoms with Crippen LogP contribution in [-0.4, -0.2) is 35.4 Å². The number of hydrogen-bond acceptors (Lipinski definition) is 5. The summed E-state index contributed by atoms with van der Waals surface area (Å²) in [5.41, 5.74) is 1.42. The maximum absolute atomic E-state index is 12.7. The first-order valence-corrected chi connectivity index (χ1v) is 9.94. The highest BCUT2D eigenvalue weighted by molar-refractivity contribution is 7.89. The van der Waals surface area contributed by atoms with E-state index in [2.05, 4.69) is 4.98 Å². The summed E-state index contributed by atoms with van der Waals surface area (Å²) in [4.78, 5) is 17.0. The molecule has 0 atom stereocenters. The average Bonchev–Trinajstić information content (AvgIpc) is 3.30. The van der Waals surface area contributed by atoms with Crippen LogP contribution in [0.2, 0.25) is 0 Å². The zero-order chi connectivity index (χ0) is 18.3. The van der Waals surface area contributed by atoms with Gasteiger partial charge in [0.25, 0.3) is 15.6 Å². The number of benzene rings is 1.